The van der Waals surface area contributed by atoms with E-state index in [4.69, 9.17) is 6.42 Å². The van der Waals surface area contributed by atoms with Crippen molar-refractivity contribution in [2.45, 2.75) is 76.9 Å². The van der Waals surface area contributed by atoms with Gasteiger partial charge in [-0.1, -0.05) is 19.8 Å². The Kier molecular flexibility index (Phi) is 3.52. The summed E-state index contributed by atoms with van der Waals surface area (Å²) in [5.74, 6) is 4.36. The van der Waals surface area contributed by atoms with Crippen LogP contribution in [0.5, 0.6) is 0 Å². The summed E-state index contributed by atoms with van der Waals surface area (Å²) < 4.78 is 0. The summed E-state index contributed by atoms with van der Waals surface area (Å²) in [6.45, 7) is 4.50. The van der Waals surface area contributed by atoms with Gasteiger partial charge in [0, 0.05) is 18.3 Å². The van der Waals surface area contributed by atoms with Crippen LogP contribution in [0.25, 0.3) is 0 Å². The Morgan fingerprint density at radius 2 is 1.88 bits per heavy atom. The van der Waals surface area contributed by atoms with Crippen LogP contribution in [0.2, 0.25) is 0 Å². The summed E-state index contributed by atoms with van der Waals surface area (Å²) in [4.78, 5) is 11.9. The normalized spacial score (nSPS) is 56.8. The Balaban J connectivity index is 1.71. The highest BCUT2D eigenvalue weighted by atomic mass is 16.3. The minimum atomic E-state index is -1.03. The van der Waals surface area contributed by atoms with Crippen molar-refractivity contribution >= 4 is 5.78 Å². The van der Waals surface area contributed by atoms with E-state index < -0.39 is 5.60 Å². The van der Waals surface area contributed by atoms with Gasteiger partial charge in [0.1, 0.15) is 11.4 Å². The van der Waals surface area contributed by atoms with Crippen molar-refractivity contribution < 1.29 is 15.0 Å². The molecule has 0 spiro atoms. The number of Topliss-reactive ketones (excluding diaryl/α,β-unsaturated/α-hetero) is 1. The summed E-state index contributed by atoms with van der Waals surface area (Å²) in [5.41, 5.74) is -1.14. The average Bonchev–Trinajstić information content (AvgIpc) is 2.82. The molecule has 8 atom stereocenters. The zero-order valence-electron chi connectivity index (χ0n) is 14.9. The second-order valence-electron chi connectivity index (χ2n) is 9.54. The lowest BCUT2D eigenvalue weighted by molar-refractivity contribution is -0.177. The Hall–Kier alpha value is -0.850. The number of terminal acetylenes is 1. The zero-order chi connectivity index (χ0) is 17.3. The molecule has 4 rings (SSSR count). The predicted molar refractivity (Wildman–Crippen MR) is 91.9 cm³/mol. The topological polar surface area (TPSA) is 57.5 Å². The monoisotopic (exact) mass is 330 g/mol. The van der Waals surface area contributed by atoms with Gasteiger partial charge in [0.25, 0.3) is 0 Å². The summed E-state index contributed by atoms with van der Waals surface area (Å²) in [6.07, 6.45) is 11.9. The first-order valence-electron chi connectivity index (χ1n) is 9.65. The van der Waals surface area contributed by atoms with E-state index in [1.165, 1.54) is 0 Å². The number of rotatable bonds is 0. The maximum atomic E-state index is 11.9. The first kappa shape index (κ1) is 16.6. The summed E-state index contributed by atoms with van der Waals surface area (Å²) >= 11 is 0. The number of ketones is 1. The molecule has 3 nitrogen and oxygen atoms in total. The molecule has 2 N–H and O–H groups in total. The Morgan fingerprint density at radius 1 is 1.17 bits per heavy atom. The number of carbonyl (C=O) groups is 1. The van der Waals surface area contributed by atoms with Gasteiger partial charge >= 0.3 is 0 Å². The van der Waals surface area contributed by atoms with Crippen molar-refractivity contribution in [2.75, 3.05) is 0 Å². The third-order valence-electron chi connectivity index (χ3n) is 8.89. The molecule has 0 radical (unpaired) electrons. The van der Waals surface area contributed by atoms with Crippen LogP contribution in [0, 0.1) is 46.8 Å². The number of aliphatic hydroxyl groups is 2. The fourth-order valence-corrected chi connectivity index (χ4v) is 7.27. The van der Waals surface area contributed by atoms with Crippen molar-refractivity contribution in [3.63, 3.8) is 0 Å². The van der Waals surface area contributed by atoms with E-state index >= 15 is 0 Å². The lowest BCUT2D eigenvalue weighted by Gasteiger charge is -2.61. The van der Waals surface area contributed by atoms with Gasteiger partial charge in [0.15, 0.2) is 0 Å². The fourth-order valence-electron chi connectivity index (χ4n) is 7.27. The van der Waals surface area contributed by atoms with Crippen LogP contribution in [-0.4, -0.2) is 27.7 Å². The molecular formula is C21H30O3. The van der Waals surface area contributed by atoms with Crippen molar-refractivity contribution in [2.24, 2.45) is 34.5 Å². The Labute approximate surface area is 145 Å². The van der Waals surface area contributed by atoms with E-state index in [1.807, 2.05) is 0 Å². The van der Waals surface area contributed by atoms with Crippen LogP contribution in [-0.2, 0) is 4.79 Å². The molecule has 0 bridgehead atoms. The smallest absolute Gasteiger partial charge is 0.133 e. The zero-order valence-corrected chi connectivity index (χ0v) is 14.9. The van der Waals surface area contributed by atoms with E-state index in [0.717, 1.165) is 32.1 Å². The van der Waals surface area contributed by atoms with Crippen LogP contribution in [0.4, 0.5) is 0 Å². The molecule has 4 aliphatic rings. The van der Waals surface area contributed by atoms with Gasteiger partial charge in [0.05, 0.1) is 6.10 Å². The molecule has 4 saturated carbocycles. The first-order valence-corrected chi connectivity index (χ1v) is 9.65. The minimum Gasteiger partial charge on any atom is -0.393 e. The largest absolute Gasteiger partial charge is 0.393 e. The van der Waals surface area contributed by atoms with Crippen LogP contribution in [0.3, 0.4) is 0 Å². The molecule has 0 aromatic heterocycles. The van der Waals surface area contributed by atoms with Crippen LogP contribution < -0.4 is 0 Å². The van der Waals surface area contributed by atoms with Gasteiger partial charge in [-0.2, -0.15) is 0 Å². The lowest BCUT2D eigenvalue weighted by atomic mass is 9.44. The van der Waals surface area contributed by atoms with Gasteiger partial charge in [-0.3, -0.25) is 4.79 Å². The maximum absolute atomic E-state index is 11.9. The molecule has 24 heavy (non-hydrogen) atoms. The molecule has 1 unspecified atom stereocenters. The van der Waals surface area contributed by atoms with E-state index in [9.17, 15) is 15.0 Å². The van der Waals surface area contributed by atoms with Gasteiger partial charge in [0.2, 0.25) is 0 Å². The minimum absolute atomic E-state index is 0.163. The quantitative estimate of drug-likeness (QED) is 0.672. The second kappa shape index (κ2) is 5.08. The van der Waals surface area contributed by atoms with Gasteiger partial charge < -0.3 is 10.2 Å². The SMILES string of the molecule is C#C[C@]1(O)CC[C@H]2[C@@H]3[C@@H](O)CC4CC(=O)CC[C@]4(C)[C@H]3CC[C@@]21C. The molecule has 0 aromatic rings. The van der Waals surface area contributed by atoms with Crippen molar-refractivity contribution in [1.82, 2.24) is 0 Å². The third-order valence-corrected chi connectivity index (χ3v) is 8.89. The number of carbonyl (C=O) groups excluding carboxylic acids is 1. The molecule has 4 aliphatic carbocycles. The molecule has 0 aromatic carbocycles. The van der Waals surface area contributed by atoms with E-state index in [1.54, 1.807) is 0 Å². The third kappa shape index (κ3) is 1.90. The Bertz CT molecular complexity index is 607. The molecule has 0 heterocycles. The molecule has 0 saturated heterocycles. The van der Waals surface area contributed by atoms with Crippen LogP contribution in [0.1, 0.15) is 65.2 Å². The summed E-state index contributed by atoms with van der Waals surface area (Å²) in [5, 5.41) is 22.0. The molecule has 4 fully saturated rings. The average molecular weight is 330 g/mol. The van der Waals surface area contributed by atoms with E-state index in [-0.39, 0.29) is 22.9 Å². The van der Waals surface area contributed by atoms with Crippen molar-refractivity contribution in [3.05, 3.63) is 0 Å². The van der Waals surface area contributed by atoms with Crippen LogP contribution in [0.15, 0.2) is 0 Å². The highest BCUT2D eigenvalue weighted by Crippen LogP contribution is 2.67. The van der Waals surface area contributed by atoms with Crippen LogP contribution >= 0.6 is 0 Å². The molecular weight excluding hydrogens is 300 g/mol. The molecule has 0 aliphatic heterocycles. The Morgan fingerprint density at radius 3 is 2.58 bits per heavy atom. The lowest BCUT2D eigenvalue weighted by Crippen LogP contribution is -2.60. The van der Waals surface area contributed by atoms with Gasteiger partial charge in [-0.05, 0) is 67.6 Å². The number of hydrogen-bond acceptors (Lipinski definition) is 3. The number of aliphatic hydroxyl groups excluding tert-OH is 1. The van der Waals surface area contributed by atoms with Gasteiger partial charge in [-0.25, -0.2) is 0 Å². The standard InChI is InChI=1S/C21H30O3/c1-4-21(24)10-7-16-18-15(6-9-20(16,21)3)19(2)8-5-14(22)11-13(19)12-17(18)23/h1,13,15-18,23-24H,5-12H2,2-3H3/t13?,15-,16-,17-,18+,19-,20-,21-/m0/s1. The molecule has 3 heteroatoms. The van der Waals surface area contributed by atoms with E-state index in [2.05, 4.69) is 19.8 Å². The van der Waals surface area contributed by atoms with Gasteiger partial charge in [-0.15, -0.1) is 6.42 Å². The number of hydrogen-bond donors (Lipinski definition) is 2. The summed E-state index contributed by atoms with van der Waals surface area (Å²) in [7, 11) is 0. The number of fused-ring (bicyclic) bond motifs is 5. The highest BCUT2D eigenvalue weighted by Gasteiger charge is 2.66. The summed E-state index contributed by atoms with van der Waals surface area (Å²) in [6, 6.07) is 0. The second-order valence-corrected chi connectivity index (χ2v) is 9.54. The highest BCUT2D eigenvalue weighted by molar-refractivity contribution is 5.79. The van der Waals surface area contributed by atoms with Crippen molar-refractivity contribution in [3.8, 4) is 12.3 Å². The maximum Gasteiger partial charge on any atom is 0.133 e. The molecule has 132 valence electrons. The predicted octanol–water partition coefficient (Wildman–Crippen LogP) is 2.93. The fraction of sp³-hybridized carbons (Fsp3) is 0.857. The van der Waals surface area contributed by atoms with E-state index in [0.29, 0.717) is 42.8 Å². The molecule has 0 amide bonds. The van der Waals surface area contributed by atoms with Crippen molar-refractivity contribution in [1.29, 1.82) is 0 Å². The first-order chi connectivity index (χ1) is 11.2.